The van der Waals surface area contributed by atoms with Gasteiger partial charge in [0.15, 0.2) is 23.1 Å². The first kappa shape index (κ1) is 29.9. The summed E-state index contributed by atoms with van der Waals surface area (Å²) in [5, 5.41) is 9.06. The maximum Gasteiger partial charge on any atom is 0.203 e. The maximum atomic E-state index is 13.7. The van der Waals surface area contributed by atoms with Gasteiger partial charge in [-0.1, -0.05) is 44.5 Å². The Labute approximate surface area is 261 Å². The highest BCUT2D eigenvalue weighted by atomic mass is 35.5. The smallest absolute Gasteiger partial charge is 0.203 e. The molecule has 2 aliphatic carbocycles. The summed E-state index contributed by atoms with van der Waals surface area (Å²) in [7, 11) is 3.09. The van der Waals surface area contributed by atoms with Crippen LogP contribution in [-0.2, 0) is 20.9 Å². The van der Waals surface area contributed by atoms with Crippen molar-refractivity contribution < 1.29 is 28.5 Å². The topological polar surface area (TPSA) is 102 Å². The fourth-order valence-corrected chi connectivity index (χ4v) is 6.57. The van der Waals surface area contributed by atoms with Gasteiger partial charge in [0, 0.05) is 47.8 Å². The number of carbonyl (C=O) groups is 2. The number of nitrogens with zero attached hydrogens (tertiary/aromatic N) is 3. The molecule has 0 spiro atoms. The molecule has 1 aliphatic heterocycles. The van der Waals surface area contributed by atoms with Gasteiger partial charge in [-0.25, -0.2) is 4.68 Å². The number of carbonyl (C=O) groups excluding carboxylic acids is 2. The normalized spacial score (nSPS) is 19.3. The average molecular weight is 618 g/mol. The van der Waals surface area contributed by atoms with Crippen LogP contribution in [0.2, 0.25) is 5.02 Å². The molecule has 3 aliphatic rings. The summed E-state index contributed by atoms with van der Waals surface area (Å²) in [5.74, 6) is 1.91. The standard InChI is InChI=1S/C34H36ClN3O6/c1-33(2)13-23(39)30-27(15-33)44-28-16-34(3,4)14-24(40)31(28)29(30)19-11-25(41-5)32(26(12-19)42-6)43-18-21-17-38(37-36-21)22-9-7-20(35)8-10-22/h7-12,17,29H,13-16,18H2,1-6H3. The minimum atomic E-state index is -0.586. The van der Waals surface area contributed by atoms with E-state index in [2.05, 4.69) is 38.0 Å². The Bertz CT molecular complexity index is 1640. The van der Waals surface area contributed by atoms with Crippen molar-refractivity contribution in [3.8, 4) is 22.9 Å². The number of ether oxygens (including phenoxy) is 4. The molecule has 1 aromatic heterocycles. The number of hydrogen-bond acceptors (Lipinski definition) is 8. The van der Waals surface area contributed by atoms with Crippen LogP contribution in [0.15, 0.2) is 65.3 Å². The molecule has 0 fully saturated rings. The molecule has 230 valence electrons. The second kappa shape index (κ2) is 11.1. The van der Waals surface area contributed by atoms with Crippen LogP contribution >= 0.6 is 11.6 Å². The van der Waals surface area contributed by atoms with Gasteiger partial charge in [-0.15, -0.1) is 5.10 Å². The van der Waals surface area contributed by atoms with E-state index >= 15 is 0 Å². The number of hydrogen-bond donors (Lipinski definition) is 0. The Morgan fingerprint density at radius 2 is 1.43 bits per heavy atom. The van der Waals surface area contributed by atoms with Gasteiger partial charge in [-0.05, 0) is 52.8 Å². The molecule has 0 radical (unpaired) electrons. The highest BCUT2D eigenvalue weighted by Gasteiger charge is 2.48. The molecule has 2 heterocycles. The van der Waals surface area contributed by atoms with Gasteiger partial charge in [0.2, 0.25) is 5.75 Å². The van der Waals surface area contributed by atoms with E-state index in [9.17, 15) is 9.59 Å². The van der Waals surface area contributed by atoms with Gasteiger partial charge in [0.1, 0.15) is 23.8 Å². The number of rotatable bonds is 7. The lowest BCUT2D eigenvalue weighted by Crippen LogP contribution is -2.37. The first-order valence-electron chi connectivity index (χ1n) is 14.6. The third-order valence-electron chi connectivity index (χ3n) is 8.39. The highest BCUT2D eigenvalue weighted by Crippen LogP contribution is 2.54. The maximum absolute atomic E-state index is 13.7. The third kappa shape index (κ3) is 5.61. The fraction of sp³-hybridized carbons (Fsp3) is 0.412. The monoisotopic (exact) mass is 617 g/mol. The molecule has 0 N–H and O–H groups in total. The van der Waals surface area contributed by atoms with E-state index in [1.165, 1.54) is 0 Å². The number of benzene rings is 2. The van der Waals surface area contributed by atoms with Crippen molar-refractivity contribution in [2.24, 2.45) is 10.8 Å². The first-order chi connectivity index (χ1) is 20.9. The summed E-state index contributed by atoms with van der Waals surface area (Å²) in [6.45, 7) is 8.37. The minimum Gasteiger partial charge on any atom is -0.493 e. The van der Waals surface area contributed by atoms with Gasteiger partial charge in [-0.3, -0.25) is 9.59 Å². The summed E-state index contributed by atoms with van der Waals surface area (Å²) in [5.41, 5.74) is 2.73. The number of halogens is 1. The zero-order chi connectivity index (χ0) is 31.4. The van der Waals surface area contributed by atoms with E-state index in [-0.39, 0.29) is 29.0 Å². The van der Waals surface area contributed by atoms with Gasteiger partial charge in [-0.2, -0.15) is 0 Å². The molecule has 3 aromatic rings. The predicted molar refractivity (Wildman–Crippen MR) is 164 cm³/mol. The van der Waals surface area contributed by atoms with Crippen molar-refractivity contribution in [3.05, 3.63) is 81.5 Å². The average Bonchev–Trinajstić information content (AvgIpc) is 3.42. The lowest BCUT2D eigenvalue weighted by atomic mass is 9.65. The van der Waals surface area contributed by atoms with Gasteiger partial charge in [0.25, 0.3) is 0 Å². The van der Waals surface area contributed by atoms with Gasteiger partial charge >= 0.3 is 0 Å². The van der Waals surface area contributed by atoms with Crippen LogP contribution in [0.5, 0.6) is 17.2 Å². The lowest BCUT2D eigenvalue weighted by molar-refractivity contribution is -0.120. The van der Waals surface area contributed by atoms with E-state index in [4.69, 9.17) is 30.5 Å². The summed E-state index contributed by atoms with van der Waals surface area (Å²) in [4.78, 5) is 27.4. The largest absolute Gasteiger partial charge is 0.493 e. The zero-order valence-electron chi connectivity index (χ0n) is 25.8. The Balaban J connectivity index is 1.37. The van der Waals surface area contributed by atoms with Crippen LogP contribution < -0.4 is 14.2 Å². The quantitative estimate of drug-likeness (QED) is 0.282. The lowest BCUT2D eigenvalue weighted by Gasteiger charge is -2.42. The van der Waals surface area contributed by atoms with Crippen molar-refractivity contribution in [1.82, 2.24) is 15.0 Å². The van der Waals surface area contributed by atoms with Crippen LogP contribution in [0.1, 0.15) is 70.6 Å². The summed E-state index contributed by atoms with van der Waals surface area (Å²) in [6, 6.07) is 10.9. The zero-order valence-corrected chi connectivity index (χ0v) is 26.6. The second-order valence-corrected chi connectivity index (χ2v) is 13.7. The molecular formula is C34H36ClN3O6. The number of methoxy groups -OCH3 is 2. The second-order valence-electron chi connectivity index (χ2n) is 13.3. The molecule has 0 atom stereocenters. The Hall–Kier alpha value is -4.11. The Kier molecular flexibility index (Phi) is 7.56. The van der Waals surface area contributed by atoms with Crippen molar-refractivity contribution in [3.63, 3.8) is 0 Å². The molecule has 0 saturated heterocycles. The van der Waals surface area contributed by atoms with Crippen molar-refractivity contribution >= 4 is 23.2 Å². The molecule has 0 amide bonds. The first-order valence-corrected chi connectivity index (χ1v) is 15.0. The fourth-order valence-electron chi connectivity index (χ4n) is 6.45. The molecule has 44 heavy (non-hydrogen) atoms. The molecule has 0 bridgehead atoms. The summed E-state index contributed by atoms with van der Waals surface area (Å²) < 4.78 is 25.8. The number of aromatic nitrogens is 3. The van der Waals surface area contributed by atoms with Crippen molar-refractivity contribution in [1.29, 1.82) is 0 Å². The van der Waals surface area contributed by atoms with Gasteiger partial charge < -0.3 is 18.9 Å². The van der Waals surface area contributed by atoms with Gasteiger partial charge in [0.05, 0.1) is 26.1 Å². The molecular weight excluding hydrogens is 582 g/mol. The van der Waals surface area contributed by atoms with E-state index in [1.807, 2.05) is 24.3 Å². The number of allylic oxidation sites excluding steroid dienone is 4. The van der Waals surface area contributed by atoms with Crippen LogP contribution in [0.25, 0.3) is 5.69 Å². The van der Waals surface area contributed by atoms with Crippen LogP contribution in [-0.4, -0.2) is 40.8 Å². The highest BCUT2D eigenvalue weighted by molar-refractivity contribution is 6.30. The van der Waals surface area contributed by atoms with Crippen LogP contribution in [0.3, 0.4) is 0 Å². The third-order valence-corrected chi connectivity index (χ3v) is 8.65. The van der Waals surface area contributed by atoms with Crippen LogP contribution in [0.4, 0.5) is 0 Å². The van der Waals surface area contributed by atoms with Crippen LogP contribution in [0, 0.1) is 10.8 Å². The SMILES string of the molecule is COc1cc(C2C3=C(CC(C)(C)CC3=O)OC3=C2C(=O)CC(C)(C)C3)cc(OC)c1OCc1cn(-c2ccc(Cl)cc2)nn1. The van der Waals surface area contributed by atoms with E-state index < -0.39 is 5.92 Å². The van der Waals surface area contributed by atoms with Crippen molar-refractivity contribution in [2.75, 3.05) is 14.2 Å². The molecule has 0 unspecified atom stereocenters. The molecule has 6 rings (SSSR count). The van der Waals surface area contributed by atoms with E-state index in [0.29, 0.717) is 81.9 Å². The van der Waals surface area contributed by atoms with E-state index in [1.54, 1.807) is 37.2 Å². The molecule has 9 nitrogen and oxygen atoms in total. The van der Waals surface area contributed by atoms with E-state index in [0.717, 1.165) is 5.69 Å². The molecule has 2 aromatic carbocycles. The Morgan fingerprint density at radius 1 is 0.886 bits per heavy atom. The number of ketones is 2. The summed E-state index contributed by atoms with van der Waals surface area (Å²) in [6.07, 6.45) is 3.75. The minimum absolute atomic E-state index is 0.00697. The van der Waals surface area contributed by atoms with Crippen molar-refractivity contribution in [2.45, 2.75) is 65.9 Å². The molecule has 10 heteroatoms. The number of Topliss-reactive ketones (excluding diaryl/α,β-unsaturated/α-hetero) is 2. The summed E-state index contributed by atoms with van der Waals surface area (Å²) >= 11 is 6.01. The molecule has 0 saturated carbocycles. The predicted octanol–water partition coefficient (Wildman–Crippen LogP) is 6.92. The Morgan fingerprint density at radius 3 is 1.95 bits per heavy atom.